The Morgan fingerprint density at radius 2 is 1.90 bits per heavy atom. The Hall–Kier alpha value is -2.15. The van der Waals surface area contributed by atoms with Gasteiger partial charge in [0.05, 0.1) is 22.7 Å². The number of hydrogen-bond donors (Lipinski definition) is 2. The van der Waals surface area contributed by atoms with Crippen LogP contribution in [0.15, 0.2) is 35.4 Å². The van der Waals surface area contributed by atoms with Crippen molar-refractivity contribution in [3.63, 3.8) is 0 Å². The van der Waals surface area contributed by atoms with Crippen molar-refractivity contribution in [3.05, 3.63) is 47.3 Å². The van der Waals surface area contributed by atoms with Crippen molar-refractivity contribution in [2.45, 2.75) is 24.8 Å². The summed E-state index contributed by atoms with van der Waals surface area (Å²) < 4.78 is 22.8. The zero-order valence-corrected chi connectivity index (χ0v) is 12.9. The summed E-state index contributed by atoms with van der Waals surface area (Å²) in [5.41, 5.74) is 2.03. The number of benzene rings is 1. The molecular weight excluding hydrogens is 290 g/mol. The predicted octanol–water partition coefficient (Wildman–Crippen LogP) is 1.61. The molecule has 6 nitrogen and oxygen atoms in total. The van der Waals surface area contributed by atoms with Crippen LogP contribution in [0.5, 0.6) is 0 Å². The fraction of sp³-hybridized carbons (Fsp3) is 0.286. The van der Waals surface area contributed by atoms with Crippen LogP contribution in [0.2, 0.25) is 0 Å². The highest BCUT2D eigenvalue weighted by atomic mass is 32.2. The van der Waals surface area contributed by atoms with Crippen molar-refractivity contribution in [1.29, 1.82) is 0 Å². The van der Waals surface area contributed by atoms with Crippen LogP contribution in [-0.4, -0.2) is 30.8 Å². The minimum absolute atomic E-state index is 0.221. The number of aromatic nitrogens is 2. The average Bonchev–Trinajstić information content (AvgIpc) is 2.84. The third-order valence-corrected chi connectivity index (χ3v) is 4.36. The standard InChI is InChI=1S/C14H17N3O3S/c1-9(16-14(18)13-8-15-17-10(13)2)11-4-6-12(7-5-11)21(3,19)20/h4-9H,1-3H3,(H,15,17)(H,16,18). The van der Waals surface area contributed by atoms with Gasteiger partial charge in [0.25, 0.3) is 5.91 Å². The van der Waals surface area contributed by atoms with Gasteiger partial charge in [-0.1, -0.05) is 12.1 Å². The second kappa shape index (κ2) is 5.69. The molecule has 1 unspecified atom stereocenters. The molecule has 21 heavy (non-hydrogen) atoms. The number of carbonyl (C=O) groups is 1. The molecule has 2 aromatic rings. The third kappa shape index (κ3) is 3.49. The molecule has 1 heterocycles. The van der Waals surface area contributed by atoms with Crippen LogP contribution in [0.3, 0.4) is 0 Å². The lowest BCUT2D eigenvalue weighted by atomic mass is 10.1. The number of nitrogens with zero attached hydrogens (tertiary/aromatic N) is 1. The highest BCUT2D eigenvalue weighted by Gasteiger charge is 2.15. The summed E-state index contributed by atoms with van der Waals surface area (Å²) in [6, 6.07) is 6.24. The van der Waals surface area contributed by atoms with Crippen LogP contribution in [0.1, 0.15) is 34.6 Å². The third-order valence-electron chi connectivity index (χ3n) is 3.23. The van der Waals surface area contributed by atoms with E-state index in [9.17, 15) is 13.2 Å². The van der Waals surface area contributed by atoms with Crippen LogP contribution >= 0.6 is 0 Å². The number of carbonyl (C=O) groups excluding carboxylic acids is 1. The Bertz CT molecular complexity index is 748. The molecule has 0 aliphatic carbocycles. The molecule has 0 fully saturated rings. The molecule has 0 aliphatic rings. The van der Waals surface area contributed by atoms with Crippen molar-refractivity contribution in [2.75, 3.05) is 6.26 Å². The van der Waals surface area contributed by atoms with E-state index in [4.69, 9.17) is 0 Å². The highest BCUT2D eigenvalue weighted by molar-refractivity contribution is 7.90. The summed E-state index contributed by atoms with van der Waals surface area (Å²) in [6.45, 7) is 3.61. The largest absolute Gasteiger partial charge is 0.345 e. The molecule has 2 N–H and O–H groups in total. The van der Waals surface area contributed by atoms with Crippen LogP contribution < -0.4 is 5.32 Å². The lowest BCUT2D eigenvalue weighted by Gasteiger charge is -2.14. The van der Waals surface area contributed by atoms with E-state index < -0.39 is 9.84 Å². The molecule has 1 atom stereocenters. The Morgan fingerprint density at radius 1 is 1.29 bits per heavy atom. The Kier molecular flexibility index (Phi) is 4.13. The zero-order valence-electron chi connectivity index (χ0n) is 12.0. The lowest BCUT2D eigenvalue weighted by Crippen LogP contribution is -2.26. The maximum Gasteiger partial charge on any atom is 0.255 e. The molecule has 2 rings (SSSR count). The highest BCUT2D eigenvalue weighted by Crippen LogP contribution is 2.17. The fourth-order valence-electron chi connectivity index (χ4n) is 1.94. The smallest absolute Gasteiger partial charge is 0.255 e. The number of aryl methyl sites for hydroxylation is 1. The normalized spacial score (nSPS) is 12.9. The molecule has 1 aromatic carbocycles. The Morgan fingerprint density at radius 3 is 2.38 bits per heavy atom. The van der Waals surface area contributed by atoms with Crippen LogP contribution in [0.4, 0.5) is 0 Å². The molecule has 7 heteroatoms. The molecule has 0 spiro atoms. The zero-order chi connectivity index (χ0) is 15.6. The fourth-order valence-corrected chi connectivity index (χ4v) is 2.57. The number of hydrogen-bond acceptors (Lipinski definition) is 4. The topological polar surface area (TPSA) is 91.9 Å². The molecule has 1 aromatic heterocycles. The monoisotopic (exact) mass is 307 g/mol. The van der Waals surface area contributed by atoms with Crippen molar-refractivity contribution < 1.29 is 13.2 Å². The first-order chi connectivity index (χ1) is 9.79. The number of rotatable bonds is 4. The Balaban J connectivity index is 2.12. The van der Waals surface area contributed by atoms with Gasteiger partial charge in [0.1, 0.15) is 0 Å². The van der Waals surface area contributed by atoms with Gasteiger partial charge in [-0.2, -0.15) is 5.10 Å². The van der Waals surface area contributed by atoms with E-state index in [0.717, 1.165) is 11.8 Å². The van der Waals surface area contributed by atoms with Gasteiger partial charge in [-0.3, -0.25) is 9.89 Å². The summed E-state index contributed by atoms with van der Waals surface area (Å²) in [4.78, 5) is 12.3. The summed E-state index contributed by atoms with van der Waals surface area (Å²) in [5.74, 6) is -0.221. The maximum atomic E-state index is 12.1. The summed E-state index contributed by atoms with van der Waals surface area (Å²) in [5, 5.41) is 9.37. The maximum absolute atomic E-state index is 12.1. The van der Waals surface area contributed by atoms with Gasteiger partial charge in [-0.05, 0) is 31.5 Å². The number of aromatic amines is 1. The minimum atomic E-state index is -3.21. The number of sulfone groups is 1. The van der Waals surface area contributed by atoms with Gasteiger partial charge < -0.3 is 5.32 Å². The second-order valence-electron chi connectivity index (χ2n) is 4.95. The first kappa shape index (κ1) is 15.2. The Labute approximate surface area is 123 Å². The predicted molar refractivity (Wildman–Crippen MR) is 78.8 cm³/mol. The van der Waals surface area contributed by atoms with Gasteiger partial charge in [0.2, 0.25) is 0 Å². The quantitative estimate of drug-likeness (QED) is 0.897. The van der Waals surface area contributed by atoms with Crippen LogP contribution in [-0.2, 0) is 9.84 Å². The molecule has 0 radical (unpaired) electrons. The average molecular weight is 307 g/mol. The molecule has 0 saturated carbocycles. The van der Waals surface area contributed by atoms with Gasteiger partial charge in [0.15, 0.2) is 9.84 Å². The first-order valence-corrected chi connectivity index (χ1v) is 8.29. The van der Waals surface area contributed by atoms with E-state index in [-0.39, 0.29) is 16.8 Å². The molecule has 0 aliphatic heterocycles. The summed E-state index contributed by atoms with van der Waals surface area (Å²) in [7, 11) is -3.21. The SMILES string of the molecule is Cc1[nH]ncc1C(=O)NC(C)c1ccc(S(C)(=O)=O)cc1. The van der Waals surface area contributed by atoms with Crippen molar-refractivity contribution in [1.82, 2.24) is 15.5 Å². The molecule has 1 amide bonds. The van der Waals surface area contributed by atoms with E-state index in [1.807, 2.05) is 6.92 Å². The van der Waals surface area contributed by atoms with Crippen molar-refractivity contribution >= 4 is 15.7 Å². The molecule has 0 saturated heterocycles. The lowest BCUT2D eigenvalue weighted by molar-refractivity contribution is 0.0939. The van der Waals surface area contributed by atoms with Gasteiger partial charge >= 0.3 is 0 Å². The molecular formula is C14H17N3O3S. The molecule has 0 bridgehead atoms. The van der Waals surface area contributed by atoms with Gasteiger partial charge in [-0.15, -0.1) is 0 Å². The van der Waals surface area contributed by atoms with Crippen molar-refractivity contribution in [2.24, 2.45) is 0 Å². The molecule has 112 valence electrons. The first-order valence-electron chi connectivity index (χ1n) is 6.40. The van der Waals surface area contributed by atoms with Gasteiger partial charge in [0, 0.05) is 11.9 Å². The number of amides is 1. The van der Waals surface area contributed by atoms with E-state index in [1.54, 1.807) is 19.1 Å². The van der Waals surface area contributed by atoms with E-state index >= 15 is 0 Å². The van der Waals surface area contributed by atoms with E-state index in [2.05, 4.69) is 15.5 Å². The van der Waals surface area contributed by atoms with Crippen LogP contribution in [0, 0.1) is 6.92 Å². The van der Waals surface area contributed by atoms with Crippen molar-refractivity contribution in [3.8, 4) is 0 Å². The van der Waals surface area contributed by atoms with E-state index in [0.29, 0.717) is 11.3 Å². The minimum Gasteiger partial charge on any atom is -0.345 e. The van der Waals surface area contributed by atoms with Crippen LogP contribution in [0.25, 0.3) is 0 Å². The number of H-pyrrole nitrogens is 1. The summed E-state index contributed by atoms with van der Waals surface area (Å²) in [6.07, 6.45) is 2.64. The number of nitrogens with one attached hydrogen (secondary N) is 2. The second-order valence-corrected chi connectivity index (χ2v) is 6.96. The van der Waals surface area contributed by atoms with E-state index in [1.165, 1.54) is 18.3 Å². The van der Waals surface area contributed by atoms with Gasteiger partial charge in [-0.25, -0.2) is 8.42 Å². The summed E-state index contributed by atoms with van der Waals surface area (Å²) >= 11 is 0.